The molecule has 9 nitrogen and oxygen atoms in total. The number of methoxy groups -OCH3 is 1. The number of hydrogen-bond acceptors (Lipinski definition) is 8. The van der Waals surface area contributed by atoms with E-state index in [0.29, 0.717) is 41.8 Å². The van der Waals surface area contributed by atoms with Crippen molar-refractivity contribution in [3.63, 3.8) is 0 Å². The van der Waals surface area contributed by atoms with E-state index in [-0.39, 0.29) is 22.8 Å². The number of furan rings is 1. The molecule has 1 fully saturated rings. The first-order chi connectivity index (χ1) is 17.9. The van der Waals surface area contributed by atoms with Crippen molar-refractivity contribution in [2.24, 2.45) is 0 Å². The second-order valence-corrected chi connectivity index (χ2v) is 9.86. The lowest BCUT2D eigenvalue weighted by molar-refractivity contribution is -0.129. The highest BCUT2D eigenvalue weighted by Gasteiger charge is 2.44. The summed E-state index contributed by atoms with van der Waals surface area (Å²) in [7, 11) is 1.42. The second-order valence-electron chi connectivity index (χ2n) is 9.00. The maximum Gasteiger partial charge on any atom is 0.290 e. The molecule has 2 N–H and O–H groups in total. The number of rotatable bonds is 8. The van der Waals surface area contributed by atoms with Gasteiger partial charge in [-0.05, 0) is 52.2 Å². The fourth-order valence-corrected chi connectivity index (χ4v) is 5.35. The zero-order valence-corrected chi connectivity index (χ0v) is 21.9. The molecule has 1 amide bonds. The minimum absolute atomic E-state index is 0.0283. The number of Topliss-reactive ketones (excluding diaryl/α,β-unsaturated/α-hetero) is 1. The van der Waals surface area contributed by atoms with Gasteiger partial charge in [0.15, 0.2) is 23.0 Å². The minimum atomic E-state index is -0.899. The Kier molecular flexibility index (Phi) is 7.23. The van der Waals surface area contributed by atoms with E-state index < -0.39 is 23.5 Å². The molecule has 37 heavy (non-hydrogen) atoms. The van der Waals surface area contributed by atoms with Crippen LogP contribution in [0, 0.1) is 0 Å². The highest BCUT2D eigenvalue weighted by molar-refractivity contribution is 9.10. The number of nitrogens with zero attached hydrogens (tertiary/aromatic N) is 2. The van der Waals surface area contributed by atoms with E-state index in [9.17, 15) is 19.8 Å². The average Bonchev–Trinajstić information content (AvgIpc) is 3.45. The molecule has 1 aromatic heterocycles. The number of benzene rings is 2. The van der Waals surface area contributed by atoms with E-state index in [1.807, 2.05) is 12.1 Å². The van der Waals surface area contributed by atoms with Crippen LogP contribution in [0.2, 0.25) is 0 Å². The number of aliphatic hydroxyl groups excluding tert-OH is 1. The van der Waals surface area contributed by atoms with Crippen molar-refractivity contribution >= 4 is 38.6 Å². The Balaban J connectivity index is 1.51. The van der Waals surface area contributed by atoms with Gasteiger partial charge in [0.1, 0.15) is 5.58 Å². The molecule has 1 unspecified atom stereocenters. The summed E-state index contributed by atoms with van der Waals surface area (Å²) in [6.07, 6.45) is 0.637. The van der Waals surface area contributed by atoms with Crippen LogP contribution < -0.4 is 4.74 Å². The molecule has 0 saturated carbocycles. The summed E-state index contributed by atoms with van der Waals surface area (Å²) < 4.78 is 16.8. The minimum Gasteiger partial charge on any atom is -0.503 e. The SMILES string of the molecule is COc1cc(C2C(C(=O)c3cc4ccccc4o3)=C(O)C(=O)N2CCCN2CCOCC2)cc(Br)c1O. The number of hydrogen-bond donors (Lipinski definition) is 2. The molecule has 0 aliphatic carbocycles. The fourth-order valence-electron chi connectivity index (χ4n) is 4.89. The standard InChI is InChI=1S/C27H27BrN2O7/c1-35-20-15-17(13-18(28)24(20)31)23-22(25(32)21-14-16-5-2-3-6-19(16)37-21)26(33)27(34)30(23)8-4-7-29-9-11-36-12-10-29/h2-3,5-6,13-15,23,31,33H,4,7-12H2,1H3. The Morgan fingerprint density at radius 3 is 2.62 bits per heavy atom. The number of phenolic OH excluding ortho intramolecular Hbond substituents is 1. The van der Waals surface area contributed by atoms with Gasteiger partial charge in [0.2, 0.25) is 5.78 Å². The monoisotopic (exact) mass is 570 g/mol. The van der Waals surface area contributed by atoms with Gasteiger partial charge in [0.25, 0.3) is 5.91 Å². The van der Waals surface area contributed by atoms with Crippen LogP contribution in [0.5, 0.6) is 11.5 Å². The highest BCUT2D eigenvalue weighted by atomic mass is 79.9. The lowest BCUT2D eigenvalue weighted by Crippen LogP contribution is -2.39. The summed E-state index contributed by atoms with van der Waals surface area (Å²) in [5.41, 5.74) is 0.961. The van der Waals surface area contributed by atoms with Gasteiger partial charge in [-0.25, -0.2) is 0 Å². The van der Waals surface area contributed by atoms with E-state index in [1.54, 1.807) is 30.3 Å². The van der Waals surface area contributed by atoms with E-state index in [4.69, 9.17) is 13.9 Å². The maximum atomic E-state index is 13.7. The van der Waals surface area contributed by atoms with E-state index in [0.717, 1.165) is 25.0 Å². The third kappa shape index (κ3) is 4.84. The molecule has 0 radical (unpaired) electrons. The summed E-state index contributed by atoms with van der Waals surface area (Å²) in [4.78, 5) is 30.8. The Labute approximate surface area is 222 Å². The lowest BCUT2D eigenvalue weighted by Gasteiger charge is -2.30. The van der Waals surface area contributed by atoms with Gasteiger partial charge in [-0.1, -0.05) is 18.2 Å². The van der Waals surface area contributed by atoms with E-state index >= 15 is 0 Å². The number of para-hydroxylation sites is 1. The van der Waals surface area contributed by atoms with Crippen LogP contribution in [0.15, 0.2) is 62.7 Å². The molecule has 2 aliphatic rings. The maximum absolute atomic E-state index is 13.7. The van der Waals surface area contributed by atoms with Crippen LogP contribution in [0.1, 0.15) is 28.6 Å². The number of fused-ring (bicyclic) bond motifs is 1. The van der Waals surface area contributed by atoms with E-state index in [2.05, 4.69) is 20.8 Å². The van der Waals surface area contributed by atoms with Crippen LogP contribution in [-0.2, 0) is 9.53 Å². The molecule has 194 valence electrons. The van der Waals surface area contributed by atoms with Crippen molar-refractivity contribution in [3.05, 3.63) is 69.6 Å². The zero-order chi connectivity index (χ0) is 26.1. The van der Waals surface area contributed by atoms with Crippen molar-refractivity contribution in [2.75, 3.05) is 46.5 Å². The number of phenols is 1. The third-order valence-corrected chi connectivity index (χ3v) is 7.37. The molecule has 3 aromatic rings. The summed E-state index contributed by atoms with van der Waals surface area (Å²) >= 11 is 3.33. The number of aromatic hydroxyl groups is 1. The molecule has 1 saturated heterocycles. The number of amides is 1. The van der Waals surface area contributed by atoms with Gasteiger partial charge in [0, 0.05) is 31.6 Å². The number of ether oxygens (including phenoxy) is 2. The quantitative estimate of drug-likeness (QED) is 0.387. The average molecular weight is 571 g/mol. The number of morpholine rings is 1. The van der Waals surface area contributed by atoms with Gasteiger partial charge in [0.05, 0.1) is 36.4 Å². The zero-order valence-electron chi connectivity index (χ0n) is 20.3. The summed E-state index contributed by atoms with van der Waals surface area (Å²) in [6.45, 7) is 4.03. The summed E-state index contributed by atoms with van der Waals surface area (Å²) in [5, 5.41) is 22.1. The highest BCUT2D eigenvalue weighted by Crippen LogP contribution is 2.44. The predicted molar refractivity (Wildman–Crippen MR) is 139 cm³/mol. The molecule has 2 aliphatic heterocycles. The lowest BCUT2D eigenvalue weighted by atomic mass is 9.94. The predicted octanol–water partition coefficient (Wildman–Crippen LogP) is 4.21. The molecule has 0 bridgehead atoms. The van der Waals surface area contributed by atoms with Crippen LogP contribution in [0.3, 0.4) is 0 Å². The number of aliphatic hydroxyl groups is 1. The molecule has 10 heteroatoms. The first kappa shape index (κ1) is 25.3. The molecule has 3 heterocycles. The fraction of sp³-hybridized carbons (Fsp3) is 0.333. The van der Waals surface area contributed by atoms with Gasteiger partial charge < -0.3 is 29.0 Å². The Hall–Kier alpha value is -3.34. The molecule has 2 aromatic carbocycles. The van der Waals surface area contributed by atoms with Gasteiger partial charge in [-0.15, -0.1) is 0 Å². The van der Waals surface area contributed by atoms with Gasteiger partial charge >= 0.3 is 0 Å². The van der Waals surface area contributed by atoms with Gasteiger partial charge in [-0.2, -0.15) is 0 Å². The van der Waals surface area contributed by atoms with Crippen LogP contribution in [-0.4, -0.2) is 78.2 Å². The second kappa shape index (κ2) is 10.6. The number of carbonyl (C=O) groups is 2. The molecular weight excluding hydrogens is 544 g/mol. The normalized spacial score (nSPS) is 18.7. The Bertz CT molecular complexity index is 1340. The van der Waals surface area contributed by atoms with Crippen LogP contribution >= 0.6 is 15.9 Å². The first-order valence-corrected chi connectivity index (χ1v) is 12.8. The number of carbonyl (C=O) groups excluding carboxylic acids is 2. The summed E-state index contributed by atoms with van der Waals surface area (Å²) in [6, 6.07) is 11.1. The van der Waals surface area contributed by atoms with Crippen molar-refractivity contribution in [3.8, 4) is 11.5 Å². The molecular formula is C27H27BrN2O7. The Morgan fingerprint density at radius 2 is 1.89 bits per heavy atom. The van der Waals surface area contributed by atoms with Crippen LogP contribution in [0.25, 0.3) is 11.0 Å². The first-order valence-electron chi connectivity index (χ1n) is 12.0. The van der Waals surface area contributed by atoms with Crippen molar-refractivity contribution in [1.29, 1.82) is 0 Å². The smallest absolute Gasteiger partial charge is 0.290 e. The summed E-state index contributed by atoms with van der Waals surface area (Å²) in [5.74, 6) is -1.72. The van der Waals surface area contributed by atoms with Crippen molar-refractivity contribution in [2.45, 2.75) is 12.5 Å². The Morgan fingerprint density at radius 1 is 1.14 bits per heavy atom. The van der Waals surface area contributed by atoms with Crippen molar-refractivity contribution in [1.82, 2.24) is 9.80 Å². The topological polar surface area (TPSA) is 113 Å². The van der Waals surface area contributed by atoms with Crippen LogP contribution in [0.4, 0.5) is 0 Å². The third-order valence-electron chi connectivity index (χ3n) is 6.76. The van der Waals surface area contributed by atoms with Gasteiger partial charge in [-0.3, -0.25) is 14.5 Å². The number of ketones is 1. The largest absolute Gasteiger partial charge is 0.503 e. The number of halogens is 1. The molecule has 5 rings (SSSR count). The van der Waals surface area contributed by atoms with E-state index in [1.165, 1.54) is 12.0 Å². The molecule has 1 atom stereocenters. The van der Waals surface area contributed by atoms with Crippen molar-refractivity contribution < 1.29 is 33.7 Å². The molecule has 0 spiro atoms.